The van der Waals surface area contributed by atoms with Crippen LogP contribution in [0.4, 0.5) is 4.79 Å². The summed E-state index contributed by atoms with van der Waals surface area (Å²) in [6.07, 6.45) is -0.279. The van der Waals surface area contributed by atoms with Crippen molar-refractivity contribution in [2.24, 2.45) is 0 Å². The molecule has 6 heteroatoms. The third-order valence-electron chi connectivity index (χ3n) is 3.82. The highest BCUT2D eigenvalue weighted by Crippen LogP contribution is 2.34. The Balaban J connectivity index is 1.82. The fourth-order valence-electron chi connectivity index (χ4n) is 2.81. The standard InChI is InChI=1S/C17H24N2O4/c1-17(2,3)23-16(20)19-7-6-18-11-13(19)12-4-5-14-15(10-12)22-9-8-21-14/h4-5,10,13,18H,6-9,11H2,1-3H3. The summed E-state index contributed by atoms with van der Waals surface area (Å²) in [7, 11) is 0. The maximum absolute atomic E-state index is 12.5. The lowest BCUT2D eigenvalue weighted by Gasteiger charge is -2.37. The Morgan fingerprint density at radius 3 is 2.74 bits per heavy atom. The Hall–Kier alpha value is -1.95. The molecule has 0 bridgehead atoms. The number of nitrogens with zero attached hydrogens (tertiary/aromatic N) is 1. The van der Waals surface area contributed by atoms with Crippen LogP contribution >= 0.6 is 0 Å². The van der Waals surface area contributed by atoms with Gasteiger partial charge in [0, 0.05) is 19.6 Å². The van der Waals surface area contributed by atoms with E-state index in [0.29, 0.717) is 26.3 Å². The summed E-state index contributed by atoms with van der Waals surface area (Å²) in [6.45, 7) is 8.84. The monoisotopic (exact) mass is 320 g/mol. The first-order valence-electron chi connectivity index (χ1n) is 8.04. The average molecular weight is 320 g/mol. The van der Waals surface area contributed by atoms with E-state index in [1.54, 1.807) is 4.90 Å². The molecule has 2 aliphatic heterocycles. The number of carbonyl (C=O) groups is 1. The number of ether oxygens (including phenoxy) is 3. The molecule has 0 aromatic heterocycles. The second-order valence-corrected chi connectivity index (χ2v) is 6.80. The average Bonchev–Trinajstić information content (AvgIpc) is 2.53. The molecular weight excluding hydrogens is 296 g/mol. The minimum absolute atomic E-state index is 0.0746. The highest BCUT2D eigenvalue weighted by molar-refractivity contribution is 5.69. The maximum Gasteiger partial charge on any atom is 0.410 e. The van der Waals surface area contributed by atoms with E-state index in [1.807, 2.05) is 39.0 Å². The van der Waals surface area contributed by atoms with E-state index in [1.165, 1.54) is 0 Å². The molecule has 1 aromatic rings. The van der Waals surface area contributed by atoms with Gasteiger partial charge in [-0.25, -0.2) is 4.79 Å². The third kappa shape index (κ3) is 3.69. The molecule has 0 spiro atoms. The lowest BCUT2D eigenvalue weighted by atomic mass is 10.0. The Morgan fingerprint density at radius 1 is 1.26 bits per heavy atom. The summed E-state index contributed by atoms with van der Waals surface area (Å²) in [5, 5.41) is 3.34. The molecule has 1 fully saturated rings. The van der Waals surface area contributed by atoms with Gasteiger partial charge in [-0.3, -0.25) is 4.90 Å². The van der Waals surface area contributed by atoms with Gasteiger partial charge >= 0.3 is 6.09 Å². The van der Waals surface area contributed by atoms with Gasteiger partial charge in [0.25, 0.3) is 0 Å². The van der Waals surface area contributed by atoms with Gasteiger partial charge in [0.05, 0.1) is 6.04 Å². The van der Waals surface area contributed by atoms with Crippen molar-refractivity contribution in [2.75, 3.05) is 32.8 Å². The van der Waals surface area contributed by atoms with Crippen LogP contribution in [0.15, 0.2) is 18.2 Å². The molecule has 1 aromatic carbocycles. The molecule has 1 atom stereocenters. The zero-order chi connectivity index (χ0) is 16.4. The van der Waals surface area contributed by atoms with Crippen LogP contribution in [0.25, 0.3) is 0 Å². The van der Waals surface area contributed by atoms with Crippen molar-refractivity contribution >= 4 is 6.09 Å². The van der Waals surface area contributed by atoms with E-state index in [4.69, 9.17) is 14.2 Å². The highest BCUT2D eigenvalue weighted by Gasteiger charge is 2.32. The van der Waals surface area contributed by atoms with E-state index >= 15 is 0 Å². The van der Waals surface area contributed by atoms with Crippen LogP contribution in [-0.4, -0.2) is 49.4 Å². The first kappa shape index (κ1) is 15.9. The van der Waals surface area contributed by atoms with Gasteiger partial charge < -0.3 is 19.5 Å². The van der Waals surface area contributed by atoms with Gasteiger partial charge in [0.15, 0.2) is 11.5 Å². The quantitative estimate of drug-likeness (QED) is 0.860. The molecule has 1 unspecified atom stereocenters. The Kier molecular flexibility index (Phi) is 4.35. The van der Waals surface area contributed by atoms with Crippen LogP contribution in [0, 0.1) is 0 Å². The van der Waals surface area contributed by atoms with Gasteiger partial charge in [-0.05, 0) is 38.5 Å². The minimum atomic E-state index is -0.501. The fraction of sp³-hybridized carbons (Fsp3) is 0.588. The van der Waals surface area contributed by atoms with E-state index < -0.39 is 5.60 Å². The third-order valence-corrected chi connectivity index (χ3v) is 3.82. The Labute approximate surface area is 136 Å². The van der Waals surface area contributed by atoms with E-state index in [0.717, 1.165) is 23.6 Å². The van der Waals surface area contributed by atoms with Crippen molar-refractivity contribution < 1.29 is 19.0 Å². The van der Waals surface area contributed by atoms with Gasteiger partial charge in [-0.1, -0.05) is 6.07 Å². The number of nitrogens with one attached hydrogen (secondary N) is 1. The molecule has 2 heterocycles. The smallest absolute Gasteiger partial charge is 0.410 e. The SMILES string of the molecule is CC(C)(C)OC(=O)N1CCNCC1c1ccc2c(c1)OCCO2. The van der Waals surface area contributed by atoms with Crippen molar-refractivity contribution in [3.63, 3.8) is 0 Å². The molecule has 23 heavy (non-hydrogen) atoms. The second-order valence-electron chi connectivity index (χ2n) is 6.80. The van der Waals surface area contributed by atoms with Crippen molar-refractivity contribution in [1.29, 1.82) is 0 Å². The second kappa shape index (κ2) is 6.28. The molecule has 1 N–H and O–H groups in total. The predicted molar refractivity (Wildman–Crippen MR) is 86.0 cm³/mol. The zero-order valence-electron chi connectivity index (χ0n) is 13.9. The largest absolute Gasteiger partial charge is 0.486 e. The summed E-state index contributed by atoms with van der Waals surface area (Å²) < 4.78 is 16.8. The van der Waals surface area contributed by atoms with Crippen molar-refractivity contribution in [1.82, 2.24) is 10.2 Å². The highest BCUT2D eigenvalue weighted by atomic mass is 16.6. The first-order valence-corrected chi connectivity index (χ1v) is 8.04. The molecule has 1 saturated heterocycles. The van der Waals surface area contributed by atoms with Crippen LogP contribution in [-0.2, 0) is 4.74 Å². The number of fused-ring (bicyclic) bond motifs is 1. The molecule has 6 nitrogen and oxygen atoms in total. The number of carbonyl (C=O) groups excluding carboxylic acids is 1. The molecule has 126 valence electrons. The molecule has 0 radical (unpaired) electrons. The molecular formula is C17H24N2O4. The number of piperazine rings is 1. The topological polar surface area (TPSA) is 60.0 Å². The number of benzene rings is 1. The van der Waals surface area contributed by atoms with Crippen LogP contribution in [0.2, 0.25) is 0 Å². The predicted octanol–water partition coefficient (Wildman–Crippen LogP) is 2.34. The van der Waals surface area contributed by atoms with Gasteiger partial charge in [-0.2, -0.15) is 0 Å². The number of hydrogen-bond donors (Lipinski definition) is 1. The lowest BCUT2D eigenvalue weighted by molar-refractivity contribution is 0.0117. The molecule has 0 aliphatic carbocycles. The van der Waals surface area contributed by atoms with Gasteiger partial charge in [0.2, 0.25) is 0 Å². The summed E-state index contributed by atoms with van der Waals surface area (Å²) in [6, 6.07) is 5.78. The zero-order valence-corrected chi connectivity index (χ0v) is 13.9. The van der Waals surface area contributed by atoms with Crippen molar-refractivity contribution in [3.05, 3.63) is 23.8 Å². The lowest BCUT2D eigenvalue weighted by Crippen LogP contribution is -2.50. The van der Waals surface area contributed by atoms with Gasteiger partial charge in [0.1, 0.15) is 18.8 Å². The summed E-state index contributed by atoms with van der Waals surface area (Å²) in [5.74, 6) is 1.50. The fourth-order valence-corrected chi connectivity index (χ4v) is 2.81. The molecule has 0 saturated carbocycles. The van der Waals surface area contributed by atoms with Crippen molar-refractivity contribution in [2.45, 2.75) is 32.4 Å². The summed E-state index contributed by atoms with van der Waals surface area (Å²) in [5.41, 5.74) is 0.520. The number of amides is 1. The summed E-state index contributed by atoms with van der Waals surface area (Å²) in [4.78, 5) is 14.3. The van der Waals surface area contributed by atoms with Gasteiger partial charge in [-0.15, -0.1) is 0 Å². The Bertz CT molecular complexity index is 582. The van der Waals surface area contributed by atoms with Crippen LogP contribution in [0.5, 0.6) is 11.5 Å². The summed E-state index contributed by atoms with van der Waals surface area (Å²) >= 11 is 0. The first-order chi connectivity index (χ1) is 10.9. The van der Waals surface area contributed by atoms with E-state index in [2.05, 4.69) is 5.32 Å². The molecule has 1 amide bonds. The van der Waals surface area contributed by atoms with Crippen LogP contribution in [0.1, 0.15) is 32.4 Å². The van der Waals surface area contributed by atoms with E-state index in [-0.39, 0.29) is 12.1 Å². The number of hydrogen-bond acceptors (Lipinski definition) is 5. The number of rotatable bonds is 1. The van der Waals surface area contributed by atoms with E-state index in [9.17, 15) is 4.79 Å². The molecule has 3 rings (SSSR count). The normalized spacial score (nSPS) is 21.0. The minimum Gasteiger partial charge on any atom is -0.486 e. The van der Waals surface area contributed by atoms with Crippen molar-refractivity contribution in [3.8, 4) is 11.5 Å². The molecule has 2 aliphatic rings. The van der Waals surface area contributed by atoms with Crippen LogP contribution in [0.3, 0.4) is 0 Å². The maximum atomic E-state index is 12.5. The Morgan fingerprint density at radius 2 is 2.00 bits per heavy atom. The van der Waals surface area contributed by atoms with Crippen LogP contribution < -0.4 is 14.8 Å².